The van der Waals surface area contributed by atoms with Crippen LogP contribution in [0.3, 0.4) is 0 Å². The Balaban J connectivity index is 1.45. The van der Waals surface area contributed by atoms with E-state index in [9.17, 15) is 4.79 Å². The molecule has 168 valence electrons. The van der Waals surface area contributed by atoms with Crippen LogP contribution in [0.4, 0.5) is 5.82 Å². The zero-order valence-corrected chi connectivity index (χ0v) is 19.7. The molecule has 1 amide bonds. The lowest BCUT2D eigenvalue weighted by Crippen LogP contribution is -2.30. The molecule has 1 aromatic carbocycles. The lowest BCUT2D eigenvalue weighted by molar-refractivity contribution is -0.116. The summed E-state index contributed by atoms with van der Waals surface area (Å²) in [5, 5.41) is 9.81. The summed E-state index contributed by atoms with van der Waals surface area (Å²) in [6.45, 7) is 5.11. The van der Waals surface area contributed by atoms with Crippen molar-refractivity contribution >= 4 is 52.2 Å². The third kappa shape index (κ3) is 5.42. The second-order valence-corrected chi connectivity index (χ2v) is 9.20. The maximum atomic E-state index is 12.2. The van der Waals surface area contributed by atoms with Gasteiger partial charge in [0.1, 0.15) is 5.82 Å². The number of nitrogens with one attached hydrogen (secondary N) is 1. The molecule has 3 heterocycles. The highest BCUT2D eigenvalue weighted by molar-refractivity contribution is 7.99. The largest absolute Gasteiger partial charge is 0.356 e. The quantitative estimate of drug-likeness (QED) is 0.298. The van der Waals surface area contributed by atoms with Crippen LogP contribution < -0.4 is 10.2 Å². The summed E-state index contributed by atoms with van der Waals surface area (Å²) in [5.74, 6) is 1.71. The molecule has 0 bridgehead atoms. The monoisotopic (exact) mass is 470 g/mol. The third-order valence-electron chi connectivity index (χ3n) is 5.33. The molecule has 0 unspecified atom stereocenters. The minimum atomic E-state index is -0.174. The van der Waals surface area contributed by atoms with Gasteiger partial charge in [-0.15, -0.1) is 0 Å². The van der Waals surface area contributed by atoms with E-state index in [0.717, 1.165) is 46.4 Å². The van der Waals surface area contributed by atoms with E-state index in [2.05, 4.69) is 22.2 Å². The molecule has 7 nitrogen and oxygen atoms in total. The Kier molecular flexibility index (Phi) is 7.65. The van der Waals surface area contributed by atoms with Crippen molar-refractivity contribution in [2.45, 2.75) is 37.9 Å². The van der Waals surface area contributed by atoms with E-state index in [1.807, 2.05) is 29.1 Å². The average molecular weight is 471 g/mol. The summed E-state index contributed by atoms with van der Waals surface area (Å²) in [6.07, 6.45) is 8.69. The first-order chi connectivity index (χ1) is 15.7. The summed E-state index contributed by atoms with van der Waals surface area (Å²) in [5.41, 5.74) is 1.63. The maximum Gasteiger partial charge on any atom is 0.244 e. The highest BCUT2D eigenvalue weighted by Gasteiger charge is 2.19. The first-order valence-corrected chi connectivity index (χ1v) is 12.3. The number of carbonyl (C=O) groups is 1. The SMILES string of the molecule is CCSc1nc(N2CCCCC2)c2cnn(CCNC(=O)/C=C/c3ccccc3Cl)c2n1. The molecule has 0 saturated carbocycles. The summed E-state index contributed by atoms with van der Waals surface area (Å²) < 4.78 is 1.85. The van der Waals surface area contributed by atoms with E-state index in [1.165, 1.54) is 25.3 Å². The first kappa shape index (κ1) is 22.6. The van der Waals surface area contributed by atoms with Crippen LogP contribution in [-0.4, -0.2) is 51.0 Å². The normalized spacial score (nSPS) is 14.4. The molecule has 3 aromatic rings. The molecule has 1 saturated heterocycles. The van der Waals surface area contributed by atoms with E-state index < -0.39 is 0 Å². The number of hydrogen-bond donors (Lipinski definition) is 1. The molecule has 32 heavy (non-hydrogen) atoms. The molecule has 9 heteroatoms. The van der Waals surface area contributed by atoms with Crippen molar-refractivity contribution in [3.05, 3.63) is 47.1 Å². The average Bonchev–Trinajstić information content (AvgIpc) is 3.22. The van der Waals surface area contributed by atoms with Crippen LogP contribution >= 0.6 is 23.4 Å². The summed E-state index contributed by atoms with van der Waals surface area (Å²) >= 11 is 7.76. The number of carbonyl (C=O) groups excluding carboxylic acids is 1. The molecule has 0 aliphatic carbocycles. The van der Waals surface area contributed by atoms with Crippen molar-refractivity contribution in [3.8, 4) is 0 Å². The maximum absolute atomic E-state index is 12.2. The molecule has 4 rings (SSSR count). The number of thioether (sulfide) groups is 1. The number of hydrogen-bond acceptors (Lipinski definition) is 6. The number of halogens is 1. The van der Waals surface area contributed by atoms with Crippen LogP contribution in [0.2, 0.25) is 5.02 Å². The van der Waals surface area contributed by atoms with Crippen molar-refractivity contribution in [3.63, 3.8) is 0 Å². The van der Waals surface area contributed by atoms with Crippen molar-refractivity contribution < 1.29 is 4.79 Å². The van der Waals surface area contributed by atoms with Crippen LogP contribution in [0.15, 0.2) is 41.7 Å². The Bertz CT molecular complexity index is 1110. The second-order valence-electron chi connectivity index (χ2n) is 7.56. The molecule has 1 fully saturated rings. The van der Waals surface area contributed by atoms with Gasteiger partial charge in [-0.05, 0) is 42.7 Å². The van der Waals surface area contributed by atoms with Crippen molar-refractivity contribution in [2.75, 3.05) is 30.3 Å². The highest BCUT2D eigenvalue weighted by atomic mass is 35.5. The molecular weight excluding hydrogens is 444 g/mol. The van der Waals surface area contributed by atoms with E-state index in [-0.39, 0.29) is 5.91 Å². The number of amides is 1. The molecule has 2 aromatic heterocycles. The smallest absolute Gasteiger partial charge is 0.244 e. The number of benzene rings is 1. The molecular formula is C23H27ClN6OS. The molecule has 0 atom stereocenters. The van der Waals surface area contributed by atoms with Crippen molar-refractivity contribution in [1.82, 2.24) is 25.1 Å². The molecule has 1 N–H and O–H groups in total. The van der Waals surface area contributed by atoms with Gasteiger partial charge in [-0.3, -0.25) is 4.79 Å². The number of nitrogens with zero attached hydrogens (tertiary/aromatic N) is 5. The van der Waals surface area contributed by atoms with E-state index in [4.69, 9.17) is 21.6 Å². The van der Waals surface area contributed by atoms with E-state index in [0.29, 0.717) is 18.1 Å². The number of piperidine rings is 1. The summed E-state index contributed by atoms with van der Waals surface area (Å²) in [7, 11) is 0. The van der Waals surface area contributed by atoms with Gasteiger partial charge in [-0.1, -0.05) is 48.5 Å². The third-order valence-corrected chi connectivity index (χ3v) is 6.40. The Morgan fingerprint density at radius 1 is 1.22 bits per heavy atom. The van der Waals surface area contributed by atoms with Gasteiger partial charge in [0.25, 0.3) is 0 Å². The van der Waals surface area contributed by atoms with Gasteiger partial charge in [0.05, 0.1) is 18.1 Å². The lowest BCUT2D eigenvalue weighted by atomic mass is 10.1. The fourth-order valence-corrected chi connectivity index (χ4v) is 4.50. The van der Waals surface area contributed by atoms with Gasteiger partial charge in [-0.2, -0.15) is 5.10 Å². The second kappa shape index (κ2) is 10.8. The Labute approximate surface area is 197 Å². The van der Waals surface area contributed by atoms with E-state index >= 15 is 0 Å². The summed E-state index contributed by atoms with van der Waals surface area (Å²) in [6, 6.07) is 7.41. The predicted molar refractivity (Wildman–Crippen MR) is 131 cm³/mol. The number of anilines is 1. The zero-order valence-electron chi connectivity index (χ0n) is 18.1. The fraction of sp³-hybridized carbons (Fsp3) is 0.391. The van der Waals surface area contributed by atoms with Gasteiger partial charge in [0, 0.05) is 30.7 Å². The molecule has 1 aliphatic rings. The van der Waals surface area contributed by atoms with Crippen molar-refractivity contribution in [2.24, 2.45) is 0 Å². The Morgan fingerprint density at radius 3 is 2.81 bits per heavy atom. The van der Waals surface area contributed by atoms with Gasteiger partial charge in [-0.25, -0.2) is 14.6 Å². The number of rotatable bonds is 8. The van der Waals surface area contributed by atoms with Crippen LogP contribution in [0.1, 0.15) is 31.7 Å². The molecule has 1 aliphatic heterocycles. The first-order valence-electron chi connectivity index (χ1n) is 11.0. The summed E-state index contributed by atoms with van der Waals surface area (Å²) in [4.78, 5) is 24.1. The minimum Gasteiger partial charge on any atom is -0.356 e. The van der Waals surface area contributed by atoms with Crippen LogP contribution in [0.5, 0.6) is 0 Å². The zero-order chi connectivity index (χ0) is 22.3. The number of fused-ring (bicyclic) bond motifs is 1. The van der Waals surface area contributed by atoms with Crippen LogP contribution in [0.25, 0.3) is 17.1 Å². The topological polar surface area (TPSA) is 75.9 Å². The van der Waals surface area contributed by atoms with Gasteiger partial charge < -0.3 is 10.2 Å². The van der Waals surface area contributed by atoms with Crippen LogP contribution in [0, 0.1) is 0 Å². The lowest BCUT2D eigenvalue weighted by Gasteiger charge is -2.28. The standard InChI is InChI=1S/C23H27ClN6OS/c1-2-32-23-27-21(29-13-6-3-7-14-29)18-16-26-30(22(18)28-23)15-12-25-20(31)11-10-17-8-4-5-9-19(17)24/h4-5,8-11,16H,2-3,6-7,12-15H2,1H3,(H,25,31)/b11-10+. The van der Waals surface area contributed by atoms with Gasteiger partial charge in [0.15, 0.2) is 10.8 Å². The molecule has 0 radical (unpaired) electrons. The fourth-order valence-electron chi connectivity index (χ4n) is 3.74. The Hall–Kier alpha value is -2.58. The predicted octanol–water partition coefficient (Wildman–Crippen LogP) is 4.41. The molecule has 0 spiro atoms. The van der Waals surface area contributed by atoms with Crippen molar-refractivity contribution in [1.29, 1.82) is 0 Å². The van der Waals surface area contributed by atoms with E-state index in [1.54, 1.807) is 23.9 Å². The minimum absolute atomic E-state index is 0.174. The van der Waals surface area contributed by atoms with Gasteiger partial charge in [0.2, 0.25) is 5.91 Å². The number of aromatic nitrogens is 4. The highest BCUT2D eigenvalue weighted by Crippen LogP contribution is 2.29. The van der Waals surface area contributed by atoms with Crippen LogP contribution in [-0.2, 0) is 11.3 Å². The Morgan fingerprint density at radius 2 is 2.03 bits per heavy atom. The van der Waals surface area contributed by atoms with Gasteiger partial charge >= 0.3 is 0 Å².